The van der Waals surface area contributed by atoms with Crippen LogP contribution in [0.15, 0.2) is 0 Å². The zero-order chi connectivity index (χ0) is 19.0. The van der Waals surface area contributed by atoms with Crippen LogP contribution in [0.4, 0.5) is 15.0 Å². The molecular weight excluding hydrogens is 323 g/mol. The summed E-state index contributed by atoms with van der Waals surface area (Å²) in [5.74, 6) is 0.552. The lowest BCUT2D eigenvalue weighted by Gasteiger charge is -2.36. The summed E-state index contributed by atoms with van der Waals surface area (Å²) in [6, 6.07) is 0. The number of nitrogens with zero attached hydrogens (tertiary/aromatic N) is 4. The number of halogens is 1. The summed E-state index contributed by atoms with van der Waals surface area (Å²) in [4.78, 5) is 24.4. The van der Waals surface area contributed by atoms with Gasteiger partial charge < -0.3 is 14.5 Å². The summed E-state index contributed by atoms with van der Waals surface area (Å²) in [6.45, 7) is 15.2. The molecular formula is C18H29FN4O2. The summed E-state index contributed by atoms with van der Waals surface area (Å²) >= 11 is 0. The summed E-state index contributed by atoms with van der Waals surface area (Å²) in [7, 11) is 0. The molecule has 0 atom stereocenters. The second-order valence-corrected chi connectivity index (χ2v) is 8.47. The number of ether oxygens (including phenoxy) is 1. The maximum absolute atomic E-state index is 14.6. The first-order chi connectivity index (χ1) is 11.4. The molecule has 1 aromatic rings. The van der Waals surface area contributed by atoms with E-state index >= 15 is 0 Å². The highest BCUT2D eigenvalue weighted by Gasteiger charge is 2.29. The van der Waals surface area contributed by atoms with E-state index in [4.69, 9.17) is 4.74 Å². The van der Waals surface area contributed by atoms with Crippen LogP contribution in [0.2, 0.25) is 0 Å². The van der Waals surface area contributed by atoms with E-state index in [0.717, 1.165) is 0 Å². The Labute approximate surface area is 149 Å². The molecule has 25 heavy (non-hydrogen) atoms. The van der Waals surface area contributed by atoms with E-state index in [2.05, 4.69) is 9.97 Å². The van der Waals surface area contributed by atoms with Crippen LogP contribution in [0.5, 0.6) is 0 Å². The third-order valence-corrected chi connectivity index (χ3v) is 3.90. The predicted molar refractivity (Wildman–Crippen MR) is 95.4 cm³/mol. The van der Waals surface area contributed by atoms with Gasteiger partial charge in [0.2, 0.25) is 0 Å². The average Bonchev–Trinajstić information content (AvgIpc) is 2.47. The van der Waals surface area contributed by atoms with E-state index in [9.17, 15) is 9.18 Å². The van der Waals surface area contributed by atoms with Crippen molar-refractivity contribution in [1.29, 1.82) is 0 Å². The molecule has 0 bridgehead atoms. The predicted octanol–water partition coefficient (Wildman–Crippen LogP) is 3.28. The van der Waals surface area contributed by atoms with Crippen LogP contribution in [-0.4, -0.2) is 52.7 Å². The SMILES string of the molecule is Cc1nc(C(C)(C)C)nc(N2CCN(C(=O)OC(C)(C)C)CC2)c1F. The quantitative estimate of drug-likeness (QED) is 0.776. The molecule has 1 saturated heterocycles. The lowest BCUT2D eigenvalue weighted by atomic mass is 9.95. The summed E-state index contributed by atoms with van der Waals surface area (Å²) in [6.07, 6.45) is -0.332. The van der Waals surface area contributed by atoms with Gasteiger partial charge in [0, 0.05) is 31.6 Å². The lowest BCUT2D eigenvalue weighted by Crippen LogP contribution is -2.50. The van der Waals surface area contributed by atoms with Crippen molar-refractivity contribution in [3.05, 3.63) is 17.3 Å². The fraction of sp³-hybridized carbons (Fsp3) is 0.722. The number of carbonyl (C=O) groups excluding carboxylic acids is 1. The second-order valence-electron chi connectivity index (χ2n) is 8.47. The van der Waals surface area contributed by atoms with Crippen molar-refractivity contribution in [3.8, 4) is 0 Å². The first kappa shape index (κ1) is 19.4. The standard InChI is InChI=1S/C18H29FN4O2/c1-12-13(19)14(21-15(20-12)17(2,3)4)22-8-10-23(11-9-22)16(24)25-18(5,6)7/h8-11H2,1-7H3. The molecule has 1 aromatic heterocycles. The maximum atomic E-state index is 14.6. The molecule has 0 aromatic carbocycles. The van der Waals surface area contributed by atoms with Gasteiger partial charge in [0.05, 0.1) is 5.69 Å². The van der Waals surface area contributed by atoms with Crippen LogP contribution in [-0.2, 0) is 10.2 Å². The topological polar surface area (TPSA) is 58.6 Å². The Hall–Kier alpha value is -1.92. The van der Waals surface area contributed by atoms with E-state index in [1.807, 2.05) is 46.4 Å². The molecule has 0 unspecified atom stereocenters. The summed E-state index contributed by atoms with van der Waals surface area (Å²) in [5, 5.41) is 0. The van der Waals surface area contributed by atoms with Crippen LogP contribution in [0.1, 0.15) is 53.1 Å². The molecule has 2 rings (SSSR count). The van der Waals surface area contributed by atoms with Crippen LogP contribution in [0.3, 0.4) is 0 Å². The minimum Gasteiger partial charge on any atom is -0.444 e. The van der Waals surface area contributed by atoms with E-state index in [1.165, 1.54) is 0 Å². The van der Waals surface area contributed by atoms with Crippen molar-refractivity contribution in [3.63, 3.8) is 0 Å². The molecule has 6 nitrogen and oxygen atoms in total. The van der Waals surface area contributed by atoms with E-state index in [0.29, 0.717) is 43.5 Å². The van der Waals surface area contributed by atoms with Crippen molar-refractivity contribution in [2.45, 2.75) is 59.5 Å². The third-order valence-electron chi connectivity index (χ3n) is 3.90. The molecule has 0 radical (unpaired) electrons. The summed E-state index contributed by atoms with van der Waals surface area (Å²) < 4.78 is 20.0. The highest BCUT2D eigenvalue weighted by molar-refractivity contribution is 5.68. The van der Waals surface area contributed by atoms with E-state index < -0.39 is 11.4 Å². The highest BCUT2D eigenvalue weighted by Crippen LogP contribution is 2.26. The minimum atomic E-state index is -0.522. The van der Waals surface area contributed by atoms with Gasteiger partial charge in [-0.05, 0) is 27.7 Å². The van der Waals surface area contributed by atoms with Gasteiger partial charge >= 0.3 is 6.09 Å². The van der Waals surface area contributed by atoms with Gasteiger partial charge in [-0.3, -0.25) is 0 Å². The number of carbonyl (C=O) groups is 1. The van der Waals surface area contributed by atoms with E-state index in [1.54, 1.807) is 11.8 Å². The van der Waals surface area contributed by atoms with E-state index in [-0.39, 0.29) is 11.5 Å². The van der Waals surface area contributed by atoms with Gasteiger partial charge in [-0.15, -0.1) is 0 Å². The van der Waals surface area contributed by atoms with Crippen molar-refractivity contribution in [2.24, 2.45) is 0 Å². The van der Waals surface area contributed by atoms with Gasteiger partial charge in [-0.25, -0.2) is 19.2 Å². The Kier molecular flexibility index (Phi) is 5.25. The Morgan fingerprint density at radius 2 is 1.60 bits per heavy atom. The molecule has 140 valence electrons. The molecule has 7 heteroatoms. The molecule has 1 aliphatic rings. The largest absolute Gasteiger partial charge is 0.444 e. The fourth-order valence-electron chi connectivity index (χ4n) is 2.52. The molecule has 1 amide bonds. The highest BCUT2D eigenvalue weighted by atomic mass is 19.1. The number of hydrogen-bond acceptors (Lipinski definition) is 5. The Morgan fingerprint density at radius 1 is 1.04 bits per heavy atom. The Morgan fingerprint density at radius 3 is 2.08 bits per heavy atom. The number of rotatable bonds is 1. The monoisotopic (exact) mass is 352 g/mol. The van der Waals surface area contributed by atoms with Crippen molar-refractivity contribution in [2.75, 3.05) is 31.1 Å². The molecule has 0 spiro atoms. The Balaban J connectivity index is 2.13. The van der Waals surface area contributed by atoms with Gasteiger partial charge in [0.15, 0.2) is 11.6 Å². The number of aryl methyl sites for hydroxylation is 1. The zero-order valence-electron chi connectivity index (χ0n) is 16.3. The van der Waals surface area contributed by atoms with Gasteiger partial charge in [0.25, 0.3) is 0 Å². The van der Waals surface area contributed by atoms with Crippen molar-refractivity contribution in [1.82, 2.24) is 14.9 Å². The third kappa shape index (κ3) is 4.80. The van der Waals surface area contributed by atoms with Gasteiger partial charge in [-0.2, -0.15) is 0 Å². The Bertz CT molecular complexity index is 642. The smallest absolute Gasteiger partial charge is 0.410 e. The number of aromatic nitrogens is 2. The number of piperazine rings is 1. The molecule has 0 aliphatic carbocycles. The molecule has 1 fully saturated rings. The van der Waals surface area contributed by atoms with Crippen molar-refractivity contribution >= 4 is 11.9 Å². The maximum Gasteiger partial charge on any atom is 0.410 e. The normalized spacial score (nSPS) is 16.2. The van der Waals surface area contributed by atoms with Gasteiger partial charge in [-0.1, -0.05) is 20.8 Å². The zero-order valence-corrected chi connectivity index (χ0v) is 16.3. The fourth-order valence-corrected chi connectivity index (χ4v) is 2.52. The lowest BCUT2D eigenvalue weighted by molar-refractivity contribution is 0.0240. The number of amides is 1. The van der Waals surface area contributed by atoms with Crippen LogP contribution in [0.25, 0.3) is 0 Å². The number of anilines is 1. The molecule has 0 N–H and O–H groups in total. The summed E-state index contributed by atoms with van der Waals surface area (Å²) in [5.41, 5.74) is -0.429. The van der Waals surface area contributed by atoms with Crippen LogP contribution in [0, 0.1) is 12.7 Å². The van der Waals surface area contributed by atoms with Crippen LogP contribution >= 0.6 is 0 Å². The molecule has 2 heterocycles. The average molecular weight is 352 g/mol. The van der Waals surface area contributed by atoms with Gasteiger partial charge in [0.1, 0.15) is 11.4 Å². The second kappa shape index (κ2) is 6.77. The van der Waals surface area contributed by atoms with Crippen molar-refractivity contribution < 1.29 is 13.9 Å². The first-order valence-electron chi connectivity index (χ1n) is 8.66. The minimum absolute atomic E-state index is 0.258. The number of hydrogen-bond donors (Lipinski definition) is 0. The molecule has 1 aliphatic heterocycles. The first-order valence-corrected chi connectivity index (χ1v) is 8.66. The molecule has 0 saturated carbocycles. The van der Waals surface area contributed by atoms with Crippen LogP contribution < -0.4 is 4.90 Å².